The summed E-state index contributed by atoms with van der Waals surface area (Å²) in [6.45, 7) is 9.20. The summed E-state index contributed by atoms with van der Waals surface area (Å²) < 4.78 is 26.8. The van der Waals surface area contributed by atoms with Gasteiger partial charge in [0, 0.05) is 37.7 Å². The molecule has 0 bridgehead atoms. The fraction of sp³-hybridized carbons (Fsp3) is 0.423. The lowest BCUT2D eigenvalue weighted by molar-refractivity contribution is -0.255. The molecule has 0 aromatic heterocycles. The van der Waals surface area contributed by atoms with Crippen LogP contribution in [0.3, 0.4) is 0 Å². The summed E-state index contributed by atoms with van der Waals surface area (Å²) in [5, 5.41) is 24.8. The second kappa shape index (κ2) is 21.6. The first-order valence-electron chi connectivity index (χ1n) is 22.5. The molecule has 10 nitrogen and oxygen atoms in total. The highest BCUT2D eigenvalue weighted by atomic mass is 16.7. The molecule has 2 N–H and O–H groups in total. The summed E-state index contributed by atoms with van der Waals surface area (Å²) in [7, 11) is 0. The van der Waals surface area contributed by atoms with Crippen molar-refractivity contribution in [3.8, 4) is 28.4 Å². The van der Waals surface area contributed by atoms with Gasteiger partial charge in [0.1, 0.15) is 29.9 Å². The topological polar surface area (TPSA) is 119 Å². The number of oxime groups is 1. The first kappa shape index (κ1) is 44.6. The number of carbonyl (C=O) groups is 1. The van der Waals surface area contributed by atoms with Crippen LogP contribution in [0.15, 0.2) is 133 Å². The van der Waals surface area contributed by atoms with Gasteiger partial charge in [0.15, 0.2) is 0 Å². The molecule has 4 aromatic rings. The minimum Gasteiger partial charge on any atom is -0.459 e. The van der Waals surface area contributed by atoms with E-state index in [1.807, 2.05) is 86.6 Å². The summed E-state index contributed by atoms with van der Waals surface area (Å²) >= 11 is 0. The molecule has 1 amide bonds. The second-order valence-electron chi connectivity index (χ2n) is 16.4. The Labute approximate surface area is 366 Å². The molecule has 2 aliphatic carbocycles. The Morgan fingerprint density at radius 2 is 1.58 bits per heavy atom. The molecule has 0 spiro atoms. The van der Waals surface area contributed by atoms with Crippen molar-refractivity contribution in [3.63, 3.8) is 0 Å². The second-order valence-corrected chi connectivity index (χ2v) is 16.4. The van der Waals surface area contributed by atoms with Crippen LogP contribution in [-0.4, -0.2) is 71.7 Å². The fourth-order valence-corrected chi connectivity index (χ4v) is 9.77. The molecule has 62 heavy (non-hydrogen) atoms. The van der Waals surface area contributed by atoms with Gasteiger partial charge in [0.2, 0.25) is 5.79 Å². The van der Waals surface area contributed by atoms with Crippen molar-refractivity contribution in [2.75, 3.05) is 33.0 Å². The van der Waals surface area contributed by atoms with E-state index in [4.69, 9.17) is 28.9 Å². The third-order valence-corrected chi connectivity index (χ3v) is 12.4. The molecule has 1 heterocycles. The highest BCUT2D eigenvalue weighted by Crippen LogP contribution is 2.62. The molecule has 328 valence electrons. The smallest absolute Gasteiger partial charge is 0.410 e. The molecule has 6 atom stereocenters. The van der Waals surface area contributed by atoms with Crippen LogP contribution in [-0.2, 0) is 20.9 Å². The maximum absolute atomic E-state index is 14.1. The lowest BCUT2D eigenvalue weighted by Crippen LogP contribution is -2.70. The van der Waals surface area contributed by atoms with Crippen molar-refractivity contribution in [2.24, 2.45) is 22.9 Å². The first-order valence-corrected chi connectivity index (χ1v) is 22.5. The number of ether oxygens (including phenoxy) is 4. The monoisotopic (exact) mass is 842 g/mol. The molecule has 6 unspecified atom stereocenters. The molecule has 4 aromatic carbocycles. The molecule has 10 heteroatoms. The van der Waals surface area contributed by atoms with Crippen LogP contribution in [0.4, 0.5) is 4.79 Å². The number of hydrogen-bond donors (Lipinski definition) is 2. The highest BCUT2D eigenvalue weighted by Gasteiger charge is 2.65. The van der Waals surface area contributed by atoms with Crippen molar-refractivity contribution in [1.29, 1.82) is 0 Å². The van der Waals surface area contributed by atoms with E-state index >= 15 is 0 Å². The van der Waals surface area contributed by atoms with E-state index in [1.54, 1.807) is 11.0 Å². The number of amides is 1. The van der Waals surface area contributed by atoms with Gasteiger partial charge in [-0.2, -0.15) is 0 Å². The number of benzene rings is 4. The van der Waals surface area contributed by atoms with Crippen molar-refractivity contribution in [2.45, 2.75) is 89.6 Å². The van der Waals surface area contributed by atoms with Crippen LogP contribution in [0.2, 0.25) is 0 Å². The summed E-state index contributed by atoms with van der Waals surface area (Å²) in [6, 6.07) is 33.7. The summed E-state index contributed by atoms with van der Waals surface area (Å²) in [6.07, 6.45) is 9.33. The van der Waals surface area contributed by atoms with E-state index in [1.165, 1.54) is 0 Å². The van der Waals surface area contributed by atoms with Gasteiger partial charge in [-0.3, -0.25) is 4.90 Å². The molecule has 0 radical (unpaired) electrons. The number of aliphatic hydroxyl groups excluding tert-OH is 2. The average Bonchev–Trinajstić information content (AvgIpc) is 3.30. The van der Waals surface area contributed by atoms with Crippen LogP contribution in [0.5, 0.6) is 17.2 Å². The van der Waals surface area contributed by atoms with Gasteiger partial charge in [-0.15, -0.1) is 6.58 Å². The number of rotatable bonds is 21. The predicted octanol–water partition coefficient (Wildman–Crippen LogP) is 10.8. The van der Waals surface area contributed by atoms with Gasteiger partial charge in [-0.25, -0.2) is 4.79 Å². The standard InChI is InChI=1S/C52H62N2O8/c1-4-29-54(51(57)58-6-3)48-35-46(53-60-36-37-17-9-7-10-18-37)44-33-40(21-13-15-30-55)43(22-14-16-31-56)49-45-34-42(27-28-47(45)62-52(48,50(44)49)59-32-5-2)61-41-25-23-39(24-26-41)38-19-11-8-12-20-38/h5,7-12,17-20,23-28,33-34,40,43,48-50,55-56H,2,4,6,13-16,21-22,29-32,35-36H2,1,3H3. The number of unbranched alkanes of at least 4 members (excludes halogenated alkanes) is 2. The van der Waals surface area contributed by atoms with Gasteiger partial charge in [0.25, 0.3) is 0 Å². The van der Waals surface area contributed by atoms with Crippen molar-refractivity contribution >= 4 is 11.8 Å². The molecular weight excluding hydrogens is 781 g/mol. The number of carbonyl (C=O) groups excluding carboxylic acids is 1. The Morgan fingerprint density at radius 1 is 0.887 bits per heavy atom. The SMILES string of the molecule is C=CCOC12Oc3ccc(Oc4ccc(-c5ccccc5)cc4)cc3C3C(CCCCO)C(CCCCO)C=C(C(=NOCc4ccccc4)CC1N(CCC)C(=O)OCC)C32. The van der Waals surface area contributed by atoms with Gasteiger partial charge in [0.05, 0.1) is 24.8 Å². The van der Waals surface area contributed by atoms with E-state index in [-0.39, 0.29) is 50.8 Å². The third kappa shape index (κ3) is 9.94. The minimum absolute atomic E-state index is 0.0798. The lowest BCUT2D eigenvalue weighted by atomic mass is 9.55. The maximum atomic E-state index is 14.1. The molecule has 3 aliphatic rings. The van der Waals surface area contributed by atoms with Crippen LogP contribution in [0.1, 0.15) is 82.3 Å². The summed E-state index contributed by atoms with van der Waals surface area (Å²) in [5.41, 5.74) is 5.93. The van der Waals surface area contributed by atoms with Crippen LogP contribution in [0.25, 0.3) is 11.1 Å². The lowest BCUT2D eigenvalue weighted by Gasteiger charge is -2.59. The fourth-order valence-electron chi connectivity index (χ4n) is 9.77. The molecule has 7 rings (SSSR count). The van der Waals surface area contributed by atoms with Crippen molar-refractivity contribution in [3.05, 3.63) is 139 Å². The van der Waals surface area contributed by atoms with Gasteiger partial charge < -0.3 is 34.0 Å². The quantitative estimate of drug-likeness (QED) is 0.0484. The first-order chi connectivity index (χ1) is 30.4. The number of hydrogen-bond acceptors (Lipinski definition) is 9. The molecule has 1 aliphatic heterocycles. The van der Waals surface area contributed by atoms with Crippen molar-refractivity contribution < 1.29 is 38.8 Å². The Hall–Kier alpha value is -5.42. The molecule has 1 saturated carbocycles. The minimum atomic E-state index is -1.36. The average molecular weight is 843 g/mol. The number of fused-ring (bicyclic) bond motifs is 2. The largest absolute Gasteiger partial charge is 0.459 e. The zero-order valence-electron chi connectivity index (χ0n) is 36.2. The Balaban J connectivity index is 1.39. The van der Waals surface area contributed by atoms with E-state index in [0.717, 1.165) is 59.2 Å². The maximum Gasteiger partial charge on any atom is 0.410 e. The number of allylic oxidation sites excluding steroid dienone is 1. The van der Waals surface area contributed by atoms with Gasteiger partial charge >= 0.3 is 6.09 Å². The molecule has 0 saturated heterocycles. The predicted molar refractivity (Wildman–Crippen MR) is 242 cm³/mol. The normalized spacial score (nSPS) is 23.0. The Morgan fingerprint density at radius 3 is 2.27 bits per heavy atom. The highest BCUT2D eigenvalue weighted by molar-refractivity contribution is 6.03. The van der Waals surface area contributed by atoms with Crippen LogP contribution >= 0.6 is 0 Å². The zero-order chi connectivity index (χ0) is 43.3. The van der Waals surface area contributed by atoms with E-state index in [9.17, 15) is 15.0 Å². The van der Waals surface area contributed by atoms with E-state index < -0.39 is 23.8 Å². The molecule has 1 fully saturated rings. The number of nitrogens with zero attached hydrogens (tertiary/aromatic N) is 2. The Bertz CT molecular complexity index is 2120. The van der Waals surface area contributed by atoms with Gasteiger partial charge in [-0.05, 0) is 103 Å². The Kier molecular flexibility index (Phi) is 15.5. The van der Waals surface area contributed by atoms with E-state index in [2.05, 4.69) is 43.0 Å². The zero-order valence-corrected chi connectivity index (χ0v) is 36.2. The third-order valence-electron chi connectivity index (χ3n) is 12.4. The summed E-state index contributed by atoms with van der Waals surface area (Å²) in [4.78, 5) is 22.1. The molecular formula is C52H62N2O8. The van der Waals surface area contributed by atoms with Crippen molar-refractivity contribution in [1.82, 2.24) is 4.90 Å². The van der Waals surface area contributed by atoms with Crippen LogP contribution < -0.4 is 9.47 Å². The summed E-state index contributed by atoms with van der Waals surface area (Å²) in [5.74, 6) is 0.248. The van der Waals surface area contributed by atoms with E-state index in [0.29, 0.717) is 49.5 Å². The van der Waals surface area contributed by atoms with Gasteiger partial charge in [-0.1, -0.05) is 110 Å². The van der Waals surface area contributed by atoms with Crippen LogP contribution in [0, 0.1) is 17.8 Å². The number of aliphatic hydroxyl groups is 2.